The van der Waals surface area contributed by atoms with Crippen molar-refractivity contribution < 1.29 is 24.2 Å². The molecule has 1 N–H and O–H groups in total. The van der Waals surface area contributed by atoms with Gasteiger partial charge in [0.25, 0.3) is 11.7 Å². The smallest absolute Gasteiger partial charge is 0.300 e. The number of halogens is 2. The number of ketones is 1. The molecule has 0 aliphatic carbocycles. The second-order valence-corrected chi connectivity index (χ2v) is 8.54. The predicted octanol–water partition coefficient (Wildman–Crippen LogP) is 5.59. The number of benzene rings is 2. The summed E-state index contributed by atoms with van der Waals surface area (Å²) in [6.07, 6.45) is 3.93. The van der Waals surface area contributed by atoms with Gasteiger partial charge >= 0.3 is 0 Å². The highest BCUT2D eigenvalue weighted by molar-refractivity contribution is 6.52. The minimum absolute atomic E-state index is 0.0221. The van der Waals surface area contributed by atoms with E-state index in [1.54, 1.807) is 36.7 Å². The maximum absolute atomic E-state index is 13.3. The molecule has 2 aromatic carbocycles. The zero-order chi connectivity index (χ0) is 25.3. The van der Waals surface area contributed by atoms with Gasteiger partial charge < -0.3 is 14.6 Å². The molecule has 0 radical (unpaired) electrons. The molecule has 0 spiro atoms. The molecule has 7 nitrogen and oxygen atoms in total. The van der Waals surface area contributed by atoms with Gasteiger partial charge in [-0.05, 0) is 47.9 Å². The van der Waals surface area contributed by atoms with Crippen LogP contribution in [0, 0.1) is 0 Å². The normalized spacial score (nSPS) is 17.1. The summed E-state index contributed by atoms with van der Waals surface area (Å²) < 4.78 is 10.6. The molecule has 35 heavy (non-hydrogen) atoms. The highest BCUT2D eigenvalue weighted by Gasteiger charge is 2.47. The van der Waals surface area contributed by atoms with Crippen molar-refractivity contribution in [2.75, 3.05) is 19.1 Å². The van der Waals surface area contributed by atoms with E-state index in [0.717, 1.165) is 12.0 Å². The van der Waals surface area contributed by atoms with E-state index in [1.807, 2.05) is 19.1 Å². The first-order chi connectivity index (χ1) is 16.8. The van der Waals surface area contributed by atoms with Gasteiger partial charge in [-0.25, -0.2) is 0 Å². The Balaban J connectivity index is 1.98. The first-order valence-corrected chi connectivity index (χ1v) is 11.5. The molecule has 1 aliphatic heterocycles. The van der Waals surface area contributed by atoms with Crippen molar-refractivity contribution in [3.05, 3.63) is 87.2 Å². The number of Topliss-reactive ketones (excluding diaryl/α,β-unsaturated/α-hetero) is 1. The Morgan fingerprint density at radius 2 is 1.66 bits per heavy atom. The number of anilines is 1. The SMILES string of the molecule is CCc1ccc(N2C(=O)C(=O)/C(=C(/O)c3cc(Cl)c(OC)c(Cl)c3OC)C2c2ccncc2)cc1. The highest BCUT2D eigenvalue weighted by Crippen LogP contribution is 2.48. The average molecular weight is 513 g/mol. The fourth-order valence-electron chi connectivity index (χ4n) is 4.14. The Kier molecular flexibility index (Phi) is 7.00. The lowest BCUT2D eigenvalue weighted by Crippen LogP contribution is -2.29. The number of aromatic nitrogens is 1. The van der Waals surface area contributed by atoms with Gasteiger partial charge in [0.2, 0.25) is 0 Å². The molecule has 180 valence electrons. The monoisotopic (exact) mass is 512 g/mol. The predicted molar refractivity (Wildman–Crippen MR) is 134 cm³/mol. The summed E-state index contributed by atoms with van der Waals surface area (Å²) in [7, 11) is 2.75. The lowest BCUT2D eigenvalue weighted by molar-refractivity contribution is -0.132. The third kappa shape index (κ3) is 4.22. The molecule has 3 aromatic rings. The molecule has 0 bridgehead atoms. The summed E-state index contributed by atoms with van der Waals surface area (Å²) in [5.74, 6) is -1.89. The number of aliphatic hydroxyl groups is 1. The van der Waals surface area contributed by atoms with Gasteiger partial charge in [0.15, 0.2) is 11.5 Å². The van der Waals surface area contributed by atoms with Crippen LogP contribution < -0.4 is 14.4 Å². The molecule has 0 saturated carbocycles. The first kappa shape index (κ1) is 24.6. The van der Waals surface area contributed by atoms with E-state index < -0.39 is 23.5 Å². The molecule has 1 fully saturated rings. The molecule has 1 saturated heterocycles. The number of aryl methyl sites for hydroxylation is 1. The number of pyridine rings is 1. The van der Waals surface area contributed by atoms with Crippen LogP contribution in [0.1, 0.15) is 29.7 Å². The van der Waals surface area contributed by atoms with Crippen molar-refractivity contribution >= 4 is 46.3 Å². The number of nitrogens with zero attached hydrogens (tertiary/aromatic N) is 2. The van der Waals surface area contributed by atoms with Crippen LogP contribution >= 0.6 is 23.2 Å². The molecular formula is C26H22Cl2N2O5. The van der Waals surface area contributed by atoms with Crippen LogP contribution in [0.2, 0.25) is 10.0 Å². The summed E-state index contributed by atoms with van der Waals surface area (Å²) in [4.78, 5) is 32.0. The zero-order valence-electron chi connectivity index (χ0n) is 19.2. The molecule has 2 heterocycles. The minimum Gasteiger partial charge on any atom is -0.507 e. The van der Waals surface area contributed by atoms with E-state index in [2.05, 4.69) is 4.98 Å². The van der Waals surface area contributed by atoms with Crippen molar-refractivity contribution in [3.8, 4) is 11.5 Å². The first-order valence-electron chi connectivity index (χ1n) is 10.7. The Bertz CT molecular complexity index is 1320. The number of amides is 1. The largest absolute Gasteiger partial charge is 0.507 e. The van der Waals surface area contributed by atoms with Gasteiger partial charge in [0, 0.05) is 18.1 Å². The summed E-state index contributed by atoms with van der Waals surface area (Å²) in [6, 6.07) is 11.2. The molecule has 1 aromatic heterocycles. The second kappa shape index (κ2) is 9.98. The van der Waals surface area contributed by atoms with Crippen LogP contribution in [0.5, 0.6) is 11.5 Å². The Morgan fingerprint density at radius 3 is 2.23 bits per heavy atom. The van der Waals surface area contributed by atoms with E-state index >= 15 is 0 Å². The van der Waals surface area contributed by atoms with E-state index in [0.29, 0.717) is 11.3 Å². The fraction of sp³-hybridized carbons (Fsp3) is 0.192. The van der Waals surface area contributed by atoms with Gasteiger partial charge in [-0.3, -0.25) is 19.5 Å². The molecule has 1 amide bonds. The fourth-order valence-corrected chi connectivity index (χ4v) is 4.83. The van der Waals surface area contributed by atoms with E-state index in [1.165, 1.54) is 25.2 Å². The van der Waals surface area contributed by atoms with Gasteiger partial charge in [-0.1, -0.05) is 42.3 Å². The standard InChI is InChI=1S/C26H22Cl2N2O5/c1-4-14-5-7-16(8-6-14)30-21(15-9-11-29-12-10-15)19(23(32)26(30)33)22(31)17-13-18(27)25(35-3)20(28)24(17)34-2/h5-13,21,31H,4H2,1-3H3/b22-19+. The summed E-state index contributed by atoms with van der Waals surface area (Å²) in [5.41, 5.74) is 2.11. The summed E-state index contributed by atoms with van der Waals surface area (Å²) in [6.45, 7) is 2.02. The maximum Gasteiger partial charge on any atom is 0.300 e. The van der Waals surface area contributed by atoms with Crippen LogP contribution in [-0.4, -0.2) is 36.0 Å². The minimum atomic E-state index is -0.921. The van der Waals surface area contributed by atoms with Crippen LogP contribution in [0.25, 0.3) is 5.76 Å². The number of carbonyl (C=O) groups excluding carboxylic acids is 2. The molecular weight excluding hydrogens is 491 g/mol. The van der Waals surface area contributed by atoms with Crippen molar-refractivity contribution in [2.24, 2.45) is 0 Å². The topological polar surface area (TPSA) is 89.0 Å². The van der Waals surface area contributed by atoms with Crippen LogP contribution in [0.4, 0.5) is 5.69 Å². The van der Waals surface area contributed by atoms with Crippen molar-refractivity contribution in [1.82, 2.24) is 4.98 Å². The van der Waals surface area contributed by atoms with E-state index in [-0.39, 0.29) is 32.7 Å². The number of aliphatic hydroxyl groups excluding tert-OH is 1. The van der Waals surface area contributed by atoms with Crippen LogP contribution in [0.3, 0.4) is 0 Å². The number of rotatable bonds is 6. The number of hydrogen-bond acceptors (Lipinski definition) is 6. The number of methoxy groups -OCH3 is 2. The lowest BCUT2D eigenvalue weighted by atomic mass is 9.95. The van der Waals surface area contributed by atoms with Crippen molar-refractivity contribution in [3.63, 3.8) is 0 Å². The molecule has 1 unspecified atom stereocenters. The Labute approximate surface area is 212 Å². The Hall–Kier alpha value is -3.55. The van der Waals surface area contributed by atoms with Crippen molar-refractivity contribution in [2.45, 2.75) is 19.4 Å². The van der Waals surface area contributed by atoms with Crippen LogP contribution in [0.15, 0.2) is 60.4 Å². The molecule has 4 rings (SSSR count). The summed E-state index contributed by atoms with van der Waals surface area (Å²) >= 11 is 12.7. The second-order valence-electron chi connectivity index (χ2n) is 7.76. The van der Waals surface area contributed by atoms with Gasteiger partial charge in [0.05, 0.1) is 36.4 Å². The Morgan fingerprint density at radius 1 is 1.03 bits per heavy atom. The maximum atomic E-state index is 13.3. The third-order valence-corrected chi connectivity index (χ3v) is 6.51. The highest BCUT2D eigenvalue weighted by atomic mass is 35.5. The van der Waals surface area contributed by atoms with E-state index in [9.17, 15) is 14.7 Å². The van der Waals surface area contributed by atoms with Gasteiger partial charge in [-0.2, -0.15) is 0 Å². The lowest BCUT2D eigenvalue weighted by Gasteiger charge is -2.25. The van der Waals surface area contributed by atoms with E-state index in [4.69, 9.17) is 32.7 Å². The third-order valence-electron chi connectivity index (χ3n) is 5.88. The molecule has 1 aliphatic rings. The number of carbonyl (C=O) groups is 2. The van der Waals surface area contributed by atoms with Crippen molar-refractivity contribution in [1.29, 1.82) is 0 Å². The quantitative estimate of drug-likeness (QED) is 0.263. The van der Waals surface area contributed by atoms with Gasteiger partial charge in [-0.15, -0.1) is 0 Å². The molecule has 9 heteroatoms. The van der Waals surface area contributed by atoms with Crippen LogP contribution in [-0.2, 0) is 16.0 Å². The summed E-state index contributed by atoms with van der Waals surface area (Å²) in [5, 5.41) is 11.6. The zero-order valence-corrected chi connectivity index (χ0v) is 20.7. The average Bonchev–Trinajstić information content (AvgIpc) is 3.14. The number of ether oxygens (including phenoxy) is 2. The molecule has 1 atom stereocenters. The van der Waals surface area contributed by atoms with Gasteiger partial charge in [0.1, 0.15) is 10.8 Å². The number of hydrogen-bond donors (Lipinski definition) is 1.